The van der Waals surface area contributed by atoms with Crippen LogP contribution in [0, 0.1) is 5.82 Å². The van der Waals surface area contributed by atoms with Crippen LogP contribution < -0.4 is 5.73 Å². The van der Waals surface area contributed by atoms with Crippen LogP contribution in [0.5, 0.6) is 0 Å². The Hall–Kier alpha value is -1.09. The fourth-order valence-electron chi connectivity index (χ4n) is 1.86. The van der Waals surface area contributed by atoms with E-state index in [1.54, 1.807) is 12.1 Å². The van der Waals surface area contributed by atoms with Gasteiger partial charge in [0.15, 0.2) is 0 Å². The van der Waals surface area contributed by atoms with Gasteiger partial charge >= 0.3 is 0 Å². The minimum absolute atomic E-state index is 0.148. The van der Waals surface area contributed by atoms with E-state index in [0.29, 0.717) is 17.9 Å². The largest absolute Gasteiger partial charge is 0.398 e. The second-order valence-electron chi connectivity index (χ2n) is 3.60. The topological polar surface area (TPSA) is 35.2 Å². The van der Waals surface area contributed by atoms with E-state index in [1.807, 2.05) is 0 Å². The first-order chi connectivity index (χ1) is 6.79. The molecule has 1 unspecified atom stereocenters. The van der Waals surface area contributed by atoms with Crippen molar-refractivity contribution in [2.45, 2.75) is 25.4 Å². The molecule has 0 amide bonds. The average molecular weight is 195 g/mol. The number of anilines is 1. The van der Waals surface area contributed by atoms with E-state index in [0.717, 1.165) is 19.3 Å². The van der Waals surface area contributed by atoms with Crippen molar-refractivity contribution in [3.63, 3.8) is 0 Å². The third kappa shape index (κ3) is 1.73. The highest BCUT2D eigenvalue weighted by Gasteiger charge is 2.21. The van der Waals surface area contributed by atoms with Gasteiger partial charge in [0, 0.05) is 17.9 Å². The summed E-state index contributed by atoms with van der Waals surface area (Å²) in [5.74, 6) is -0.253. The molecule has 76 valence electrons. The monoisotopic (exact) mass is 195 g/mol. The normalized spacial score (nSPS) is 22.2. The highest BCUT2D eigenvalue weighted by molar-refractivity contribution is 5.48. The highest BCUT2D eigenvalue weighted by atomic mass is 19.1. The van der Waals surface area contributed by atoms with Gasteiger partial charge in [-0.3, -0.25) is 0 Å². The molecule has 1 fully saturated rings. The molecule has 0 bridgehead atoms. The SMILES string of the molecule is Nc1cccc(F)c1C1CCCCO1. The van der Waals surface area contributed by atoms with Crippen LogP contribution in [0.15, 0.2) is 18.2 Å². The maximum atomic E-state index is 13.5. The summed E-state index contributed by atoms with van der Waals surface area (Å²) >= 11 is 0. The molecule has 0 saturated carbocycles. The molecule has 0 radical (unpaired) electrons. The third-order valence-electron chi connectivity index (χ3n) is 2.59. The molecule has 0 aliphatic carbocycles. The Labute approximate surface area is 82.9 Å². The van der Waals surface area contributed by atoms with Gasteiger partial charge in [-0.2, -0.15) is 0 Å². The summed E-state index contributed by atoms with van der Waals surface area (Å²) in [5.41, 5.74) is 6.76. The first kappa shape index (κ1) is 9.46. The first-order valence-electron chi connectivity index (χ1n) is 4.94. The van der Waals surface area contributed by atoms with Crippen LogP contribution in [-0.2, 0) is 4.74 Å². The predicted octanol–water partition coefficient (Wildman–Crippen LogP) is 2.65. The van der Waals surface area contributed by atoms with Crippen LogP contribution in [0.2, 0.25) is 0 Å². The molecule has 2 rings (SSSR count). The number of ether oxygens (including phenoxy) is 1. The van der Waals surface area contributed by atoms with Gasteiger partial charge in [-0.25, -0.2) is 4.39 Å². The molecular formula is C11H14FNO. The Morgan fingerprint density at radius 3 is 2.86 bits per heavy atom. The van der Waals surface area contributed by atoms with Gasteiger partial charge < -0.3 is 10.5 Å². The lowest BCUT2D eigenvalue weighted by Crippen LogP contribution is -2.14. The summed E-state index contributed by atoms with van der Waals surface area (Å²) in [6, 6.07) is 4.77. The molecule has 2 N–H and O–H groups in total. The van der Waals surface area contributed by atoms with E-state index in [4.69, 9.17) is 10.5 Å². The molecule has 1 aromatic rings. The maximum absolute atomic E-state index is 13.5. The van der Waals surface area contributed by atoms with Crippen LogP contribution in [-0.4, -0.2) is 6.61 Å². The number of rotatable bonds is 1. The highest BCUT2D eigenvalue weighted by Crippen LogP contribution is 2.32. The van der Waals surface area contributed by atoms with Crippen molar-refractivity contribution in [3.05, 3.63) is 29.6 Å². The summed E-state index contributed by atoms with van der Waals surface area (Å²) in [6.45, 7) is 0.707. The lowest BCUT2D eigenvalue weighted by molar-refractivity contribution is 0.0133. The van der Waals surface area contributed by atoms with E-state index in [-0.39, 0.29) is 11.9 Å². The summed E-state index contributed by atoms with van der Waals surface area (Å²) < 4.78 is 19.0. The molecule has 3 heteroatoms. The third-order valence-corrected chi connectivity index (χ3v) is 2.59. The average Bonchev–Trinajstić information content (AvgIpc) is 2.19. The molecule has 0 spiro atoms. The Kier molecular flexibility index (Phi) is 2.68. The van der Waals surface area contributed by atoms with E-state index in [2.05, 4.69) is 0 Å². The Balaban J connectivity index is 2.29. The molecule has 1 saturated heterocycles. The van der Waals surface area contributed by atoms with E-state index < -0.39 is 0 Å². The molecule has 1 heterocycles. The summed E-state index contributed by atoms with van der Waals surface area (Å²) in [6.07, 6.45) is 2.86. The quantitative estimate of drug-likeness (QED) is 0.699. The molecule has 1 aliphatic rings. The minimum atomic E-state index is -0.253. The zero-order valence-electron chi connectivity index (χ0n) is 8.00. The molecule has 0 aromatic heterocycles. The van der Waals surface area contributed by atoms with Crippen LogP contribution in [0.3, 0.4) is 0 Å². The van der Waals surface area contributed by atoms with Crippen LogP contribution >= 0.6 is 0 Å². The number of hydrogen-bond acceptors (Lipinski definition) is 2. The van der Waals surface area contributed by atoms with E-state index >= 15 is 0 Å². The van der Waals surface area contributed by atoms with Crippen molar-refractivity contribution in [2.24, 2.45) is 0 Å². The summed E-state index contributed by atoms with van der Waals surface area (Å²) in [7, 11) is 0. The van der Waals surface area contributed by atoms with Gasteiger partial charge in [0.2, 0.25) is 0 Å². The van der Waals surface area contributed by atoms with Gasteiger partial charge in [0.25, 0.3) is 0 Å². The van der Waals surface area contributed by atoms with Crippen molar-refractivity contribution < 1.29 is 9.13 Å². The number of nitrogen functional groups attached to an aromatic ring is 1. The molecule has 14 heavy (non-hydrogen) atoms. The van der Waals surface area contributed by atoms with Crippen molar-refractivity contribution >= 4 is 5.69 Å². The molecule has 1 aromatic carbocycles. The lowest BCUT2D eigenvalue weighted by Gasteiger charge is -2.24. The minimum Gasteiger partial charge on any atom is -0.398 e. The van der Waals surface area contributed by atoms with Gasteiger partial charge in [0.1, 0.15) is 5.82 Å². The number of benzene rings is 1. The van der Waals surface area contributed by atoms with Gasteiger partial charge in [0.05, 0.1) is 6.10 Å². The van der Waals surface area contributed by atoms with Crippen LogP contribution in [0.1, 0.15) is 30.9 Å². The van der Waals surface area contributed by atoms with Crippen molar-refractivity contribution in [2.75, 3.05) is 12.3 Å². The maximum Gasteiger partial charge on any atom is 0.131 e. The molecule has 1 aliphatic heterocycles. The molecular weight excluding hydrogens is 181 g/mol. The smallest absolute Gasteiger partial charge is 0.131 e. The summed E-state index contributed by atoms with van der Waals surface area (Å²) in [5, 5.41) is 0. The number of hydrogen-bond donors (Lipinski definition) is 1. The zero-order valence-corrected chi connectivity index (χ0v) is 8.00. The second-order valence-corrected chi connectivity index (χ2v) is 3.60. The molecule has 1 atom stereocenters. The van der Waals surface area contributed by atoms with Gasteiger partial charge in [-0.15, -0.1) is 0 Å². The van der Waals surface area contributed by atoms with Gasteiger partial charge in [-0.1, -0.05) is 6.07 Å². The van der Waals surface area contributed by atoms with Gasteiger partial charge in [-0.05, 0) is 31.4 Å². The number of nitrogens with two attached hydrogens (primary N) is 1. The van der Waals surface area contributed by atoms with Crippen LogP contribution in [0.4, 0.5) is 10.1 Å². The van der Waals surface area contributed by atoms with Crippen molar-refractivity contribution in [3.8, 4) is 0 Å². The van der Waals surface area contributed by atoms with E-state index in [9.17, 15) is 4.39 Å². The Bertz CT molecular complexity index is 301. The van der Waals surface area contributed by atoms with Crippen molar-refractivity contribution in [1.82, 2.24) is 0 Å². The summed E-state index contributed by atoms with van der Waals surface area (Å²) in [4.78, 5) is 0. The second kappa shape index (κ2) is 3.96. The van der Waals surface area contributed by atoms with E-state index in [1.165, 1.54) is 6.07 Å². The molecule has 2 nitrogen and oxygen atoms in total. The standard InChI is InChI=1S/C11H14FNO/c12-8-4-3-5-9(13)11(8)10-6-1-2-7-14-10/h3-5,10H,1-2,6-7,13H2. The Morgan fingerprint density at radius 2 is 2.21 bits per heavy atom. The predicted molar refractivity (Wildman–Crippen MR) is 53.4 cm³/mol. The first-order valence-corrected chi connectivity index (χ1v) is 4.94. The Morgan fingerprint density at radius 1 is 1.36 bits per heavy atom. The lowest BCUT2D eigenvalue weighted by atomic mass is 9.99. The van der Waals surface area contributed by atoms with Crippen LogP contribution in [0.25, 0.3) is 0 Å². The van der Waals surface area contributed by atoms with Crippen molar-refractivity contribution in [1.29, 1.82) is 0 Å². The zero-order chi connectivity index (χ0) is 9.97. The fourth-order valence-corrected chi connectivity index (χ4v) is 1.86. The number of halogens is 1. The fraction of sp³-hybridized carbons (Fsp3) is 0.455.